The Morgan fingerprint density at radius 2 is 2.20 bits per heavy atom. The number of rotatable bonds is 5. The SMILES string of the molecule is CS(=O)(=O)CCCN1CCCC(CN)C1. The van der Waals surface area contributed by atoms with Crippen molar-refractivity contribution in [1.29, 1.82) is 0 Å². The Labute approximate surface area is 92.7 Å². The van der Waals surface area contributed by atoms with Crippen LogP contribution >= 0.6 is 0 Å². The van der Waals surface area contributed by atoms with Crippen molar-refractivity contribution in [3.63, 3.8) is 0 Å². The van der Waals surface area contributed by atoms with Crippen molar-refractivity contribution < 1.29 is 8.42 Å². The molecule has 1 aliphatic rings. The third kappa shape index (κ3) is 5.49. The molecule has 0 radical (unpaired) electrons. The van der Waals surface area contributed by atoms with Crippen LogP contribution in [0.25, 0.3) is 0 Å². The van der Waals surface area contributed by atoms with Crippen molar-refractivity contribution in [2.45, 2.75) is 19.3 Å². The summed E-state index contributed by atoms with van der Waals surface area (Å²) in [6, 6.07) is 0. The molecule has 1 aliphatic heterocycles. The minimum atomic E-state index is -2.80. The summed E-state index contributed by atoms with van der Waals surface area (Å²) in [5, 5.41) is 0. The summed E-state index contributed by atoms with van der Waals surface area (Å²) in [7, 11) is -2.80. The Kier molecular flexibility index (Phi) is 5.02. The standard InChI is InChI=1S/C10H22N2O2S/c1-15(13,14)7-3-6-12-5-2-4-10(8-11)9-12/h10H,2-9,11H2,1H3. The largest absolute Gasteiger partial charge is 0.330 e. The zero-order valence-corrected chi connectivity index (χ0v) is 10.3. The van der Waals surface area contributed by atoms with Gasteiger partial charge in [0, 0.05) is 12.8 Å². The maximum Gasteiger partial charge on any atom is 0.147 e. The van der Waals surface area contributed by atoms with Gasteiger partial charge in [-0.05, 0) is 44.8 Å². The van der Waals surface area contributed by atoms with Crippen LogP contribution in [0.4, 0.5) is 0 Å². The van der Waals surface area contributed by atoms with E-state index in [0.717, 1.165) is 32.6 Å². The first-order valence-electron chi connectivity index (χ1n) is 5.61. The van der Waals surface area contributed by atoms with Gasteiger partial charge in [0.15, 0.2) is 0 Å². The predicted octanol–water partition coefficient (Wildman–Crippen LogP) is 0.0918. The van der Waals surface area contributed by atoms with Crippen LogP contribution in [0.2, 0.25) is 0 Å². The van der Waals surface area contributed by atoms with Crippen molar-refractivity contribution in [2.75, 3.05) is 38.2 Å². The monoisotopic (exact) mass is 234 g/mol. The van der Waals surface area contributed by atoms with Crippen molar-refractivity contribution >= 4 is 9.84 Å². The molecule has 1 fully saturated rings. The Morgan fingerprint density at radius 1 is 1.47 bits per heavy atom. The van der Waals surface area contributed by atoms with Gasteiger partial charge >= 0.3 is 0 Å². The van der Waals surface area contributed by atoms with Crippen molar-refractivity contribution in [3.05, 3.63) is 0 Å². The summed E-state index contributed by atoms with van der Waals surface area (Å²) in [4.78, 5) is 2.34. The molecule has 0 aromatic carbocycles. The quantitative estimate of drug-likeness (QED) is 0.732. The van der Waals surface area contributed by atoms with Gasteiger partial charge in [0.05, 0.1) is 5.75 Å². The van der Waals surface area contributed by atoms with Crippen LogP contribution in [0.15, 0.2) is 0 Å². The minimum Gasteiger partial charge on any atom is -0.330 e. The third-order valence-corrected chi connectivity index (χ3v) is 3.96. The fourth-order valence-electron chi connectivity index (χ4n) is 2.10. The second-order valence-electron chi connectivity index (χ2n) is 4.53. The molecule has 1 atom stereocenters. The van der Waals surface area contributed by atoms with Crippen LogP contribution in [0, 0.1) is 5.92 Å². The molecule has 0 bridgehead atoms. The van der Waals surface area contributed by atoms with Gasteiger partial charge in [-0.3, -0.25) is 0 Å². The topological polar surface area (TPSA) is 63.4 Å². The molecule has 4 nitrogen and oxygen atoms in total. The molecule has 15 heavy (non-hydrogen) atoms. The first-order chi connectivity index (χ1) is 7.01. The zero-order valence-electron chi connectivity index (χ0n) is 9.48. The summed E-state index contributed by atoms with van der Waals surface area (Å²) in [6.07, 6.45) is 4.46. The van der Waals surface area contributed by atoms with Gasteiger partial charge in [0.25, 0.3) is 0 Å². The van der Waals surface area contributed by atoms with Gasteiger partial charge in [-0.25, -0.2) is 8.42 Å². The predicted molar refractivity (Wildman–Crippen MR) is 62.5 cm³/mol. The molecule has 90 valence electrons. The van der Waals surface area contributed by atoms with Crippen LogP contribution in [0.3, 0.4) is 0 Å². The lowest BCUT2D eigenvalue weighted by Gasteiger charge is -2.31. The van der Waals surface area contributed by atoms with Crippen molar-refractivity contribution in [1.82, 2.24) is 4.90 Å². The molecule has 0 spiro atoms. The van der Waals surface area contributed by atoms with E-state index in [2.05, 4.69) is 4.90 Å². The van der Waals surface area contributed by atoms with E-state index in [1.54, 1.807) is 0 Å². The average Bonchev–Trinajstić information content (AvgIpc) is 2.16. The lowest BCUT2D eigenvalue weighted by Crippen LogP contribution is -2.39. The van der Waals surface area contributed by atoms with E-state index >= 15 is 0 Å². The van der Waals surface area contributed by atoms with Gasteiger partial charge in [0.1, 0.15) is 9.84 Å². The lowest BCUT2D eigenvalue weighted by molar-refractivity contribution is 0.179. The fraction of sp³-hybridized carbons (Fsp3) is 1.00. The fourth-order valence-corrected chi connectivity index (χ4v) is 2.75. The highest BCUT2D eigenvalue weighted by Crippen LogP contribution is 2.15. The number of likely N-dealkylation sites (tertiary alicyclic amines) is 1. The summed E-state index contributed by atoms with van der Waals surface area (Å²) in [6.45, 7) is 3.78. The van der Waals surface area contributed by atoms with E-state index in [4.69, 9.17) is 5.73 Å². The Bertz CT molecular complexity index is 277. The van der Waals surface area contributed by atoms with Crippen LogP contribution in [0.1, 0.15) is 19.3 Å². The maximum absolute atomic E-state index is 11.0. The highest BCUT2D eigenvalue weighted by Gasteiger charge is 2.18. The number of sulfone groups is 1. The Morgan fingerprint density at radius 3 is 2.80 bits per heavy atom. The van der Waals surface area contributed by atoms with E-state index in [-0.39, 0.29) is 0 Å². The van der Waals surface area contributed by atoms with Crippen molar-refractivity contribution in [2.24, 2.45) is 11.7 Å². The molecule has 1 heterocycles. The molecule has 0 aliphatic carbocycles. The van der Waals surface area contributed by atoms with Crippen LogP contribution in [0.5, 0.6) is 0 Å². The molecule has 0 aromatic rings. The van der Waals surface area contributed by atoms with Gasteiger partial charge in [-0.2, -0.15) is 0 Å². The second kappa shape index (κ2) is 5.82. The Hall–Kier alpha value is -0.130. The molecule has 1 saturated heterocycles. The highest BCUT2D eigenvalue weighted by molar-refractivity contribution is 7.90. The number of piperidine rings is 1. The Balaban J connectivity index is 2.21. The second-order valence-corrected chi connectivity index (χ2v) is 6.79. The van der Waals surface area contributed by atoms with Gasteiger partial charge < -0.3 is 10.6 Å². The molecule has 0 saturated carbocycles. The molecule has 5 heteroatoms. The first kappa shape index (κ1) is 12.9. The van der Waals surface area contributed by atoms with E-state index in [0.29, 0.717) is 11.7 Å². The smallest absolute Gasteiger partial charge is 0.147 e. The number of hydrogen-bond donors (Lipinski definition) is 1. The van der Waals surface area contributed by atoms with Gasteiger partial charge in [-0.1, -0.05) is 0 Å². The highest BCUT2D eigenvalue weighted by atomic mass is 32.2. The minimum absolute atomic E-state index is 0.302. The van der Waals surface area contributed by atoms with Gasteiger partial charge in [0.2, 0.25) is 0 Å². The molecule has 1 unspecified atom stereocenters. The zero-order chi connectivity index (χ0) is 11.3. The number of hydrogen-bond acceptors (Lipinski definition) is 4. The summed E-state index contributed by atoms with van der Waals surface area (Å²) in [5.41, 5.74) is 5.64. The number of nitrogens with two attached hydrogens (primary N) is 1. The average molecular weight is 234 g/mol. The third-order valence-electron chi connectivity index (χ3n) is 2.93. The number of nitrogens with zero attached hydrogens (tertiary/aromatic N) is 1. The molecule has 0 aromatic heterocycles. The summed E-state index contributed by atoms with van der Waals surface area (Å²) >= 11 is 0. The van der Waals surface area contributed by atoms with Crippen molar-refractivity contribution in [3.8, 4) is 0 Å². The van der Waals surface area contributed by atoms with Gasteiger partial charge in [-0.15, -0.1) is 0 Å². The van der Waals surface area contributed by atoms with Crippen LogP contribution in [-0.2, 0) is 9.84 Å². The maximum atomic E-state index is 11.0. The van der Waals surface area contributed by atoms with E-state index < -0.39 is 9.84 Å². The lowest BCUT2D eigenvalue weighted by atomic mass is 9.98. The molecule has 2 N–H and O–H groups in total. The van der Waals surface area contributed by atoms with Crippen LogP contribution in [-0.4, -0.2) is 51.5 Å². The van der Waals surface area contributed by atoms with Crippen LogP contribution < -0.4 is 5.73 Å². The van der Waals surface area contributed by atoms with E-state index in [9.17, 15) is 8.42 Å². The van der Waals surface area contributed by atoms with E-state index in [1.165, 1.54) is 19.1 Å². The summed E-state index contributed by atoms with van der Waals surface area (Å²) < 4.78 is 21.9. The molecular weight excluding hydrogens is 212 g/mol. The summed E-state index contributed by atoms with van der Waals surface area (Å²) in [5.74, 6) is 0.911. The molecule has 1 rings (SSSR count). The molecule has 0 amide bonds. The first-order valence-corrected chi connectivity index (χ1v) is 7.67. The molecular formula is C10H22N2O2S. The van der Waals surface area contributed by atoms with E-state index in [1.807, 2.05) is 0 Å². The normalized spacial score (nSPS) is 24.3.